The van der Waals surface area contributed by atoms with E-state index in [1.165, 1.54) is 6.92 Å². The van der Waals surface area contributed by atoms with Crippen molar-refractivity contribution < 1.29 is 24.5 Å². The first-order valence-electron chi connectivity index (χ1n) is 10.3. The van der Waals surface area contributed by atoms with Crippen molar-refractivity contribution in [2.24, 2.45) is 28.6 Å². The van der Waals surface area contributed by atoms with Gasteiger partial charge in [0.05, 0.1) is 6.10 Å². The fraction of sp³-hybridized carbons (Fsp3) is 0.652. The van der Waals surface area contributed by atoms with E-state index in [2.05, 4.69) is 19.9 Å². The normalized spacial score (nSPS) is 42.7. The van der Waals surface area contributed by atoms with Crippen LogP contribution in [0.25, 0.3) is 0 Å². The van der Waals surface area contributed by atoms with Crippen molar-refractivity contribution in [2.45, 2.75) is 58.7 Å². The molecule has 28 heavy (non-hydrogen) atoms. The number of carbonyl (C=O) groups excluding carboxylic acids is 2. The van der Waals surface area contributed by atoms with Crippen molar-refractivity contribution in [3.8, 4) is 0 Å². The molecular formula is C23H30O5. The highest BCUT2D eigenvalue weighted by Gasteiger charge is 2.60. The maximum atomic E-state index is 11.9. The van der Waals surface area contributed by atoms with Crippen LogP contribution in [0.5, 0.6) is 0 Å². The van der Waals surface area contributed by atoms with E-state index in [0.29, 0.717) is 18.3 Å². The summed E-state index contributed by atoms with van der Waals surface area (Å²) in [5.41, 5.74) is 1.46. The second-order valence-corrected chi connectivity index (χ2v) is 9.43. The molecule has 0 saturated heterocycles. The number of esters is 1. The zero-order chi connectivity index (χ0) is 20.3. The molecule has 4 rings (SSSR count). The third-order valence-corrected chi connectivity index (χ3v) is 7.94. The Balaban J connectivity index is 1.62. The molecule has 0 aromatic carbocycles. The third kappa shape index (κ3) is 2.82. The molecule has 0 aromatic rings. The first kappa shape index (κ1) is 19.6. The van der Waals surface area contributed by atoms with Crippen LogP contribution in [0.3, 0.4) is 0 Å². The molecule has 0 heterocycles. The van der Waals surface area contributed by atoms with Crippen molar-refractivity contribution in [1.29, 1.82) is 0 Å². The smallest absolute Gasteiger partial charge is 0.302 e. The highest BCUT2D eigenvalue weighted by Crippen LogP contribution is 2.64. The molecule has 0 amide bonds. The minimum atomic E-state index is -0.829. The van der Waals surface area contributed by atoms with Gasteiger partial charge in [-0.05, 0) is 60.7 Å². The van der Waals surface area contributed by atoms with E-state index < -0.39 is 18.2 Å². The van der Waals surface area contributed by atoms with Crippen LogP contribution in [-0.2, 0) is 14.3 Å². The number of allylic oxidation sites excluding steroid dienone is 5. The first-order valence-corrected chi connectivity index (χ1v) is 10.3. The molecule has 4 aliphatic rings. The summed E-state index contributed by atoms with van der Waals surface area (Å²) in [7, 11) is 0. The summed E-state index contributed by atoms with van der Waals surface area (Å²) in [6.45, 7) is 5.60. The lowest BCUT2D eigenvalue weighted by molar-refractivity contribution is -0.144. The zero-order valence-electron chi connectivity index (χ0n) is 16.9. The van der Waals surface area contributed by atoms with Crippen molar-refractivity contribution >= 4 is 11.8 Å². The van der Waals surface area contributed by atoms with E-state index in [-0.39, 0.29) is 29.1 Å². The molecule has 2 fully saturated rings. The van der Waals surface area contributed by atoms with Crippen LogP contribution in [0, 0.1) is 28.6 Å². The van der Waals surface area contributed by atoms with Gasteiger partial charge in [-0.3, -0.25) is 9.59 Å². The average molecular weight is 386 g/mol. The van der Waals surface area contributed by atoms with Crippen molar-refractivity contribution in [3.05, 3.63) is 35.5 Å². The monoisotopic (exact) mass is 386 g/mol. The van der Waals surface area contributed by atoms with E-state index >= 15 is 0 Å². The Kier molecular flexibility index (Phi) is 4.66. The average Bonchev–Trinajstić information content (AvgIpc) is 2.96. The van der Waals surface area contributed by atoms with Crippen molar-refractivity contribution in [3.63, 3.8) is 0 Å². The summed E-state index contributed by atoms with van der Waals surface area (Å²) in [4.78, 5) is 23.0. The van der Waals surface area contributed by atoms with Gasteiger partial charge < -0.3 is 14.9 Å². The molecule has 0 aromatic heterocycles. The molecule has 0 spiro atoms. The molecule has 5 heteroatoms. The summed E-state index contributed by atoms with van der Waals surface area (Å²) in [5.74, 6) is 0.379. The Hall–Kier alpha value is -1.72. The molecule has 0 bridgehead atoms. The van der Waals surface area contributed by atoms with Crippen LogP contribution in [0.4, 0.5) is 0 Å². The quantitative estimate of drug-likeness (QED) is 0.576. The second-order valence-electron chi connectivity index (χ2n) is 9.43. The largest absolute Gasteiger partial charge is 0.463 e. The molecule has 152 valence electrons. The van der Waals surface area contributed by atoms with E-state index in [1.54, 1.807) is 12.2 Å². The topological polar surface area (TPSA) is 83.8 Å². The number of hydrogen-bond acceptors (Lipinski definition) is 5. The zero-order valence-corrected chi connectivity index (χ0v) is 16.9. The minimum absolute atomic E-state index is 0.0386. The molecule has 5 nitrogen and oxygen atoms in total. The predicted octanol–water partition coefficient (Wildman–Crippen LogP) is 2.73. The molecule has 7 atom stereocenters. The van der Waals surface area contributed by atoms with Crippen LogP contribution in [-0.4, -0.2) is 40.8 Å². The number of hydrogen-bond donors (Lipinski definition) is 2. The molecule has 2 unspecified atom stereocenters. The molecule has 0 aliphatic heterocycles. The first-order chi connectivity index (χ1) is 13.2. The van der Waals surface area contributed by atoms with E-state index in [4.69, 9.17) is 4.74 Å². The van der Waals surface area contributed by atoms with Gasteiger partial charge in [0.15, 0.2) is 5.78 Å². The number of aliphatic hydroxyl groups is 2. The minimum Gasteiger partial charge on any atom is -0.463 e. The lowest BCUT2D eigenvalue weighted by atomic mass is 9.47. The highest BCUT2D eigenvalue weighted by molar-refractivity contribution is 6.01. The van der Waals surface area contributed by atoms with Crippen LogP contribution in [0.1, 0.15) is 46.5 Å². The van der Waals surface area contributed by atoms with E-state index in [0.717, 1.165) is 30.4 Å². The number of ketones is 1. The van der Waals surface area contributed by atoms with Crippen LogP contribution >= 0.6 is 0 Å². The van der Waals surface area contributed by atoms with Gasteiger partial charge in [0.2, 0.25) is 0 Å². The van der Waals surface area contributed by atoms with Gasteiger partial charge in [-0.25, -0.2) is 0 Å². The number of aliphatic hydroxyl groups excluding tert-OH is 2. The SMILES string of the molecule is CC(=O)OCC(O)C1=CC[C@H]2[C@@H]3CCC4=CC(=O)C=C[C@]4(C)[C@H]3C(O)C[C@]12C. The third-order valence-electron chi connectivity index (χ3n) is 7.94. The number of rotatable bonds is 3. The van der Waals surface area contributed by atoms with Crippen molar-refractivity contribution in [1.82, 2.24) is 0 Å². The Morgan fingerprint density at radius 1 is 1.39 bits per heavy atom. The van der Waals surface area contributed by atoms with Gasteiger partial charge in [0.25, 0.3) is 0 Å². The molecule has 2 N–H and O–H groups in total. The number of carbonyl (C=O) groups is 2. The van der Waals surface area contributed by atoms with Gasteiger partial charge in [-0.1, -0.05) is 31.6 Å². The Morgan fingerprint density at radius 3 is 2.86 bits per heavy atom. The van der Waals surface area contributed by atoms with Gasteiger partial charge >= 0.3 is 5.97 Å². The fourth-order valence-corrected chi connectivity index (χ4v) is 6.73. The summed E-state index contributed by atoms with van der Waals surface area (Å²) in [5, 5.41) is 21.9. The Morgan fingerprint density at radius 2 is 2.14 bits per heavy atom. The van der Waals surface area contributed by atoms with Crippen LogP contribution in [0.15, 0.2) is 35.5 Å². The molecule has 0 radical (unpaired) electrons. The standard InChI is InChI=1S/C23H30O5/c1-13(24)28-12-20(27)18-7-6-17-16-5-4-14-10-15(25)8-9-22(14,2)21(16)19(26)11-23(17,18)3/h7-10,16-17,19-21,26-27H,4-6,11-12H2,1-3H3/t16-,17-,19?,20?,21+,22-,23-/m0/s1. The van der Waals surface area contributed by atoms with Crippen LogP contribution < -0.4 is 0 Å². The maximum absolute atomic E-state index is 11.9. The van der Waals surface area contributed by atoms with E-state index in [9.17, 15) is 19.8 Å². The van der Waals surface area contributed by atoms with Gasteiger partial charge in [0, 0.05) is 18.3 Å². The second kappa shape index (κ2) is 6.67. The number of ether oxygens (including phenoxy) is 1. The fourth-order valence-electron chi connectivity index (χ4n) is 6.73. The van der Waals surface area contributed by atoms with Gasteiger partial charge in [-0.15, -0.1) is 0 Å². The summed E-state index contributed by atoms with van der Waals surface area (Å²) in [6.07, 6.45) is 9.44. The molecule has 4 aliphatic carbocycles. The molecular weight excluding hydrogens is 356 g/mol. The summed E-state index contributed by atoms with van der Waals surface area (Å²) >= 11 is 0. The van der Waals surface area contributed by atoms with Crippen molar-refractivity contribution in [2.75, 3.05) is 6.61 Å². The summed E-state index contributed by atoms with van der Waals surface area (Å²) in [6, 6.07) is 0. The lowest BCUT2D eigenvalue weighted by Crippen LogP contribution is -2.56. The maximum Gasteiger partial charge on any atom is 0.302 e. The number of fused-ring (bicyclic) bond motifs is 5. The predicted molar refractivity (Wildman–Crippen MR) is 104 cm³/mol. The van der Waals surface area contributed by atoms with Crippen LogP contribution in [0.2, 0.25) is 0 Å². The van der Waals surface area contributed by atoms with Gasteiger partial charge in [0.1, 0.15) is 12.7 Å². The molecule has 2 saturated carbocycles. The van der Waals surface area contributed by atoms with Gasteiger partial charge in [-0.2, -0.15) is 0 Å². The van der Waals surface area contributed by atoms with E-state index in [1.807, 2.05) is 6.08 Å². The lowest BCUT2D eigenvalue weighted by Gasteiger charge is -2.58. The Labute approximate surface area is 166 Å². The highest BCUT2D eigenvalue weighted by atomic mass is 16.5. The Bertz CT molecular complexity index is 793. The summed E-state index contributed by atoms with van der Waals surface area (Å²) < 4.78 is 5.03.